The Kier molecular flexibility index (Phi) is 3.05. The molecule has 0 aliphatic carbocycles. The topological polar surface area (TPSA) is 64.0 Å². The fourth-order valence-electron chi connectivity index (χ4n) is 1.02. The number of sulfonamides is 1. The van der Waals surface area contributed by atoms with Gasteiger partial charge in [-0.15, -0.1) is 0 Å². The number of nitrogens with one attached hydrogen (secondary N) is 1. The molecule has 0 spiro atoms. The maximum Gasteiger partial charge on any atom is 0.217 e. The average Bonchev–Trinajstić information content (AvgIpc) is 2.51. The van der Waals surface area contributed by atoms with Crippen LogP contribution in [0.3, 0.4) is 0 Å². The van der Waals surface area contributed by atoms with Gasteiger partial charge < -0.3 is 4.57 Å². The summed E-state index contributed by atoms with van der Waals surface area (Å²) in [7, 11) is -1.78. The van der Waals surface area contributed by atoms with Gasteiger partial charge in [0, 0.05) is 12.7 Å². The molecule has 1 heterocycles. The molecular weight excluding hydrogens is 190 g/mol. The summed E-state index contributed by atoms with van der Waals surface area (Å²) >= 11 is 0. The maximum atomic E-state index is 11.2. The van der Waals surface area contributed by atoms with E-state index in [-0.39, 0.29) is 5.75 Å². The molecule has 13 heavy (non-hydrogen) atoms. The zero-order chi connectivity index (χ0) is 9.90. The molecule has 5 nitrogen and oxygen atoms in total. The van der Waals surface area contributed by atoms with E-state index >= 15 is 0 Å². The Balaban J connectivity index is 2.86. The van der Waals surface area contributed by atoms with Crippen molar-refractivity contribution in [2.45, 2.75) is 19.2 Å². The van der Waals surface area contributed by atoms with E-state index in [0.29, 0.717) is 5.69 Å². The Hall–Kier alpha value is -0.880. The van der Waals surface area contributed by atoms with Crippen LogP contribution in [0, 0.1) is 0 Å². The van der Waals surface area contributed by atoms with Crippen molar-refractivity contribution in [3.8, 4) is 0 Å². The Labute approximate surface area is 77.8 Å². The lowest BCUT2D eigenvalue weighted by Crippen LogP contribution is -2.21. The summed E-state index contributed by atoms with van der Waals surface area (Å²) in [5.41, 5.74) is 0.705. The molecule has 0 aromatic carbocycles. The van der Waals surface area contributed by atoms with Crippen LogP contribution in [0.1, 0.15) is 12.6 Å². The van der Waals surface area contributed by atoms with Gasteiger partial charge in [-0.05, 0) is 14.0 Å². The standard InChI is InChI=1S/C7H13N3O2S/c1-3-10-6-9-4-7(10)5-13(11,12)8-2/h4,6,8H,3,5H2,1-2H3. The minimum atomic E-state index is -3.19. The molecule has 0 saturated heterocycles. The van der Waals surface area contributed by atoms with Crippen LogP contribution < -0.4 is 4.72 Å². The molecule has 0 fully saturated rings. The van der Waals surface area contributed by atoms with Crippen LogP contribution in [-0.4, -0.2) is 25.0 Å². The van der Waals surface area contributed by atoms with Gasteiger partial charge in [0.05, 0.1) is 12.0 Å². The van der Waals surface area contributed by atoms with Crippen LogP contribution in [-0.2, 0) is 22.3 Å². The van der Waals surface area contributed by atoms with Crippen molar-refractivity contribution < 1.29 is 8.42 Å². The Morgan fingerprint density at radius 3 is 2.85 bits per heavy atom. The number of imidazole rings is 1. The fourth-order valence-corrected chi connectivity index (χ4v) is 1.79. The molecule has 0 aliphatic rings. The number of nitrogens with zero attached hydrogens (tertiary/aromatic N) is 2. The Morgan fingerprint density at radius 2 is 2.31 bits per heavy atom. The van der Waals surface area contributed by atoms with Gasteiger partial charge in [-0.1, -0.05) is 0 Å². The van der Waals surface area contributed by atoms with Gasteiger partial charge in [0.2, 0.25) is 10.0 Å². The number of aromatic nitrogens is 2. The second-order valence-corrected chi connectivity index (χ2v) is 4.56. The van der Waals surface area contributed by atoms with Crippen molar-refractivity contribution in [2.75, 3.05) is 7.05 Å². The minimum Gasteiger partial charge on any atom is -0.334 e. The zero-order valence-corrected chi connectivity index (χ0v) is 8.50. The quantitative estimate of drug-likeness (QED) is 0.746. The van der Waals surface area contributed by atoms with Gasteiger partial charge in [0.1, 0.15) is 5.75 Å². The maximum absolute atomic E-state index is 11.2. The molecule has 1 aromatic heterocycles. The van der Waals surface area contributed by atoms with Crippen molar-refractivity contribution in [3.63, 3.8) is 0 Å². The summed E-state index contributed by atoms with van der Waals surface area (Å²) in [5, 5.41) is 0. The molecule has 74 valence electrons. The van der Waals surface area contributed by atoms with Crippen LogP contribution in [0.15, 0.2) is 12.5 Å². The number of rotatable bonds is 4. The first-order chi connectivity index (χ1) is 6.09. The molecule has 1 aromatic rings. The summed E-state index contributed by atoms with van der Waals surface area (Å²) in [6.07, 6.45) is 3.19. The van der Waals surface area contributed by atoms with E-state index in [4.69, 9.17) is 0 Å². The first kappa shape index (κ1) is 10.2. The molecular formula is C7H13N3O2S. The second kappa shape index (κ2) is 3.89. The van der Waals surface area contributed by atoms with Gasteiger partial charge >= 0.3 is 0 Å². The highest BCUT2D eigenvalue weighted by atomic mass is 32.2. The Bertz CT molecular complexity index is 369. The van der Waals surface area contributed by atoms with Crippen molar-refractivity contribution in [2.24, 2.45) is 0 Å². The largest absolute Gasteiger partial charge is 0.334 e. The van der Waals surface area contributed by atoms with Crippen molar-refractivity contribution >= 4 is 10.0 Å². The van der Waals surface area contributed by atoms with Crippen molar-refractivity contribution in [1.82, 2.24) is 14.3 Å². The average molecular weight is 203 g/mol. The smallest absolute Gasteiger partial charge is 0.217 e. The van der Waals surface area contributed by atoms with E-state index in [1.807, 2.05) is 6.92 Å². The van der Waals surface area contributed by atoms with Crippen molar-refractivity contribution in [1.29, 1.82) is 0 Å². The lowest BCUT2D eigenvalue weighted by atomic mass is 10.5. The number of aryl methyl sites for hydroxylation is 1. The summed E-state index contributed by atoms with van der Waals surface area (Å²) < 4.78 is 26.4. The van der Waals surface area contributed by atoms with E-state index in [0.717, 1.165) is 6.54 Å². The van der Waals surface area contributed by atoms with Crippen LogP contribution in [0.5, 0.6) is 0 Å². The van der Waals surface area contributed by atoms with Gasteiger partial charge in [0.25, 0.3) is 0 Å². The van der Waals surface area contributed by atoms with E-state index < -0.39 is 10.0 Å². The molecule has 0 unspecified atom stereocenters. The lowest BCUT2D eigenvalue weighted by molar-refractivity contribution is 0.584. The molecule has 0 amide bonds. The summed E-state index contributed by atoms with van der Waals surface area (Å²) in [6.45, 7) is 2.67. The van der Waals surface area contributed by atoms with Crippen LogP contribution in [0.25, 0.3) is 0 Å². The third kappa shape index (κ3) is 2.53. The molecule has 1 rings (SSSR count). The molecule has 0 bridgehead atoms. The molecule has 6 heteroatoms. The molecule has 0 radical (unpaired) electrons. The van der Waals surface area contributed by atoms with Crippen molar-refractivity contribution in [3.05, 3.63) is 18.2 Å². The third-order valence-corrected chi connectivity index (χ3v) is 3.09. The minimum absolute atomic E-state index is 0.0165. The number of hydrogen-bond acceptors (Lipinski definition) is 3. The first-order valence-electron chi connectivity index (χ1n) is 3.99. The van der Waals surface area contributed by atoms with Gasteiger partial charge in [-0.3, -0.25) is 0 Å². The van der Waals surface area contributed by atoms with Gasteiger partial charge in [-0.2, -0.15) is 0 Å². The summed E-state index contributed by atoms with van der Waals surface area (Å²) in [5.74, 6) is -0.0165. The second-order valence-electron chi connectivity index (χ2n) is 2.63. The highest BCUT2D eigenvalue weighted by Gasteiger charge is 2.11. The molecule has 0 atom stereocenters. The predicted molar refractivity (Wildman–Crippen MR) is 49.6 cm³/mol. The van der Waals surface area contributed by atoms with Crippen LogP contribution >= 0.6 is 0 Å². The molecule has 0 saturated carbocycles. The summed E-state index contributed by atoms with van der Waals surface area (Å²) in [6, 6.07) is 0. The van der Waals surface area contributed by atoms with Gasteiger partial charge in [-0.25, -0.2) is 18.1 Å². The fraction of sp³-hybridized carbons (Fsp3) is 0.571. The monoisotopic (exact) mass is 203 g/mol. The highest BCUT2D eigenvalue weighted by molar-refractivity contribution is 7.88. The SMILES string of the molecule is CCn1cncc1CS(=O)(=O)NC. The lowest BCUT2D eigenvalue weighted by Gasteiger charge is -2.04. The normalized spacial score (nSPS) is 11.8. The highest BCUT2D eigenvalue weighted by Crippen LogP contribution is 2.03. The molecule has 1 N–H and O–H groups in total. The van der Waals surface area contributed by atoms with E-state index in [1.54, 1.807) is 17.1 Å². The predicted octanol–water partition coefficient (Wildman–Crippen LogP) is -0.0478. The molecule has 0 aliphatic heterocycles. The van der Waals surface area contributed by atoms with Crippen LogP contribution in [0.2, 0.25) is 0 Å². The Morgan fingerprint density at radius 1 is 1.62 bits per heavy atom. The van der Waals surface area contributed by atoms with E-state index in [1.165, 1.54) is 7.05 Å². The third-order valence-electron chi connectivity index (χ3n) is 1.79. The zero-order valence-electron chi connectivity index (χ0n) is 7.69. The van der Waals surface area contributed by atoms with Gasteiger partial charge in [0.15, 0.2) is 0 Å². The number of hydrogen-bond donors (Lipinski definition) is 1. The van der Waals surface area contributed by atoms with E-state index in [9.17, 15) is 8.42 Å². The summed E-state index contributed by atoms with van der Waals surface area (Å²) in [4.78, 5) is 3.88. The first-order valence-corrected chi connectivity index (χ1v) is 5.64. The van der Waals surface area contributed by atoms with Crippen LogP contribution in [0.4, 0.5) is 0 Å². The van der Waals surface area contributed by atoms with E-state index in [2.05, 4.69) is 9.71 Å².